The number of hydrogen-bond donors (Lipinski definition) is 4. The fourth-order valence-electron chi connectivity index (χ4n) is 1.17. The average molecular weight is 177 g/mol. The van der Waals surface area contributed by atoms with E-state index in [1.54, 1.807) is 0 Å². The number of hydrogen-bond acceptors (Lipinski definition) is 5. The highest BCUT2D eigenvalue weighted by Gasteiger charge is 2.41. The Hall–Kier alpha value is -0.200. The van der Waals surface area contributed by atoms with Crippen LogP contribution in [0.4, 0.5) is 0 Å². The van der Waals surface area contributed by atoms with E-state index in [1.165, 1.54) is 6.92 Å². The van der Waals surface area contributed by atoms with Crippen molar-refractivity contribution in [3.63, 3.8) is 0 Å². The van der Waals surface area contributed by atoms with E-state index in [-0.39, 0.29) is 12.7 Å². The van der Waals surface area contributed by atoms with Gasteiger partial charge in [-0.15, -0.1) is 0 Å². The van der Waals surface area contributed by atoms with E-state index in [0.29, 0.717) is 0 Å². The van der Waals surface area contributed by atoms with Gasteiger partial charge >= 0.3 is 0 Å². The van der Waals surface area contributed by atoms with Crippen LogP contribution in [0.1, 0.15) is 6.92 Å². The van der Waals surface area contributed by atoms with Crippen LogP contribution in [0.25, 0.3) is 0 Å². The quantitative estimate of drug-likeness (QED) is 0.372. The van der Waals surface area contributed by atoms with Crippen molar-refractivity contribution < 1.29 is 25.2 Å². The molecule has 0 unspecified atom stereocenters. The molecule has 0 amide bonds. The van der Waals surface area contributed by atoms with Crippen molar-refractivity contribution in [2.24, 2.45) is 0 Å². The Morgan fingerprint density at radius 1 is 1.25 bits per heavy atom. The Labute approximate surface area is 70.2 Å². The molecular weight excluding hydrogens is 164 g/mol. The lowest BCUT2D eigenvalue weighted by atomic mass is 9.96. The van der Waals surface area contributed by atoms with Gasteiger partial charge in [-0.3, -0.25) is 0 Å². The molecular formula is C7H13O5. The fourth-order valence-corrected chi connectivity index (χ4v) is 1.17. The Morgan fingerprint density at radius 3 is 2.33 bits per heavy atom. The van der Waals surface area contributed by atoms with Crippen LogP contribution >= 0.6 is 0 Å². The molecule has 0 aromatic rings. The lowest BCUT2D eigenvalue weighted by Gasteiger charge is -2.37. The number of rotatable bonds is 1. The zero-order chi connectivity index (χ0) is 9.30. The summed E-state index contributed by atoms with van der Waals surface area (Å²) in [6, 6.07) is 0. The molecule has 1 aliphatic heterocycles. The molecule has 1 rings (SSSR count). The monoisotopic (exact) mass is 177 g/mol. The van der Waals surface area contributed by atoms with Gasteiger partial charge < -0.3 is 25.2 Å². The number of ether oxygens (including phenoxy) is 1. The molecule has 1 saturated heterocycles. The Kier molecular flexibility index (Phi) is 3.03. The van der Waals surface area contributed by atoms with Crippen molar-refractivity contribution >= 4 is 0 Å². The molecule has 71 valence electrons. The maximum atomic E-state index is 9.22. The van der Waals surface area contributed by atoms with Gasteiger partial charge in [-0.1, -0.05) is 0 Å². The Bertz CT molecular complexity index is 146. The van der Waals surface area contributed by atoms with Crippen molar-refractivity contribution in [1.29, 1.82) is 0 Å². The van der Waals surface area contributed by atoms with E-state index >= 15 is 0 Å². The van der Waals surface area contributed by atoms with Gasteiger partial charge in [-0.2, -0.15) is 0 Å². The first-order valence-electron chi connectivity index (χ1n) is 3.73. The second-order valence-corrected chi connectivity index (χ2v) is 2.88. The molecule has 5 nitrogen and oxygen atoms in total. The van der Waals surface area contributed by atoms with Crippen LogP contribution < -0.4 is 0 Å². The second-order valence-electron chi connectivity index (χ2n) is 2.88. The van der Waals surface area contributed by atoms with E-state index in [2.05, 4.69) is 0 Å². The smallest absolute Gasteiger partial charge is 0.126 e. The SMILES string of the molecule is C[C]1O[C@H](CO)[C@H](O)[C@H](O)[C@H]1O. The number of aliphatic hydroxyl groups excluding tert-OH is 4. The molecule has 4 N–H and O–H groups in total. The molecule has 12 heavy (non-hydrogen) atoms. The van der Waals surface area contributed by atoms with Crippen LogP contribution in [0.5, 0.6) is 0 Å². The lowest BCUT2D eigenvalue weighted by Crippen LogP contribution is -2.54. The third-order valence-corrected chi connectivity index (χ3v) is 1.99. The summed E-state index contributed by atoms with van der Waals surface area (Å²) < 4.78 is 4.94. The van der Waals surface area contributed by atoms with Crippen LogP contribution in [0.15, 0.2) is 0 Å². The van der Waals surface area contributed by atoms with Gasteiger partial charge in [0, 0.05) is 0 Å². The minimum atomic E-state index is -1.28. The third-order valence-electron chi connectivity index (χ3n) is 1.99. The third kappa shape index (κ3) is 1.60. The molecule has 0 aliphatic carbocycles. The van der Waals surface area contributed by atoms with Crippen molar-refractivity contribution in [2.75, 3.05) is 6.61 Å². The molecule has 1 radical (unpaired) electrons. The fraction of sp³-hybridized carbons (Fsp3) is 0.857. The molecule has 4 atom stereocenters. The van der Waals surface area contributed by atoms with E-state index in [1.807, 2.05) is 0 Å². The van der Waals surface area contributed by atoms with Gasteiger partial charge in [-0.25, -0.2) is 0 Å². The van der Waals surface area contributed by atoms with Crippen molar-refractivity contribution in [3.8, 4) is 0 Å². The Balaban J connectivity index is 2.63. The van der Waals surface area contributed by atoms with Crippen LogP contribution in [0.2, 0.25) is 0 Å². The predicted octanol–water partition coefficient (Wildman–Crippen LogP) is -1.99. The molecule has 0 aromatic heterocycles. The summed E-state index contributed by atoms with van der Waals surface area (Å²) in [4.78, 5) is 0. The van der Waals surface area contributed by atoms with Crippen molar-refractivity contribution in [2.45, 2.75) is 31.3 Å². The standard InChI is InChI=1S/C7H13O5/c1-3-5(9)7(11)6(10)4(2-8)12-3/h4-11H,2H2,1H3/t4-,5+,6+,7-/m1/s1. The summed E-state index contributed by atoms with van der Waals surface area (Å²) in [7, 11) is 0. The summed E-state index contributed by atoms with van der Waals surface area (Å²) in [6.45, 7) is 1.10. The maximum Gasteiger partial charge on any atom is 0.126 e. The van der Waals surface area contributed by atoms with E-state index in [9.17, 15) is 15.3 Å². The highest BCUT2D eigenvalue weighted by atomic mass is 16.5. The lowest BCUT2D eigenvalue weighted by molar-refractivity contribution is -0.188. The molecule has 5 heteroatoms. The first kappa shape index (κ1) is 9.88. The van der Waals surface area contributed by atoms with Crippen LogP contribution in [-0.2, 0) is 4.74 Å². The molecule has 1 aliphatic rings. The molecule has 1 fully saturated rings. The summed E-state index contributed by atoms with van der Waals surface area (Å²) in [5.74, 6) is 0. The van der Waals surface area contributed by atoms with Crippen LogP contribution in [0.3, 0.4) is 0 Å². The topological polar surface area (TPSA) is 90.2 Å². The molecule has 0 bridgehead atoms. The van der Waals surface area contributed by atoms with Crippen molar-refractivity contribution in [1.82, 2.24) is 0 Å². The summed E-state index contributed by atoms with van der Waals surface area (Å²) in [6.07, 6.45) is -4.33. The van der Waals surface area contributed by atoms with Gasteiger partial charge in [0.25, 0.3) is 0 Å². The normalized spacial score (nSPS) is 44.8. The van der Waals surface area contributed by atoms with Crippen molar-refractivity contribution in [3.05, 3.63) is 6.10 Å². The maximum absolute atomic E-state index is 9.22. The van der Waals surface area contributed by atoms with E-state index in [4.69, 9.17) is 9.84 Å². The van der Waals surface area contributed by atoms with Gasteiger partial charge in [0.15, 0.2) is 0 Å². The molecule has 1 heterocycles. The Morgan fingerprint density at radius 2 is 1.83 bits per heavy atom. The van der Waals surface area contributed by atoms with Gasteiger partial charge in [0.1, 0.15) is 30.5 Å². The minimum absolute atomic E-state index is 0.215. The first-order chi connectivity index (χ1) is 5.57. The van der Waals surface area contributed by atoms with Gasteiger partial charge in [0.2, 0.25) is 0 Å². The highest BCUT2D eigenvalue weighted by molar-refractivity contribution is 4.99. The summed E-state index contributed by atoms with van der Waals surface area (Å²) in [5.41, 5.74) is 0. The average Bonchev–Trinajstić information content (AvgIpc) is 2.08. The first-order valence-corrected chi connectivity index (χ1v) is 3.73. The minimum Gasteiger partial charge on any atom is -0.394 e. The van der Waals surface area contributed by atoms with E-state index in [0.717, 1.165) is 0 Å². The zero-order valence-electron chi connectivity index (χ0n) is 6.71. The summed E-state index contributed by atoms with van der Waals surface area (Å²) in [5, 5.41) is 36.3. The zero-order valence-corrected chi connectivity index (χ0v) is 6.71. The molecule has 0 spiro atoms. The van der Waals surface area contributed by atoms with Gasteiger partial charge in [-0.05, 0) is 6.92 Å². The second kappa shape index (κ2) is 3.68. The largest absolute Gasteiger partial charge is 0.394 e. The summed E-state index contributed by atoms with van der Waals surface area (Å²) >= 11 is 0. The van der Waals surface area contributed by atoms with E-state index < -0.39 is 24.4 Å². The van der Waals surface area contributed by atoms with Crippen LogP contribution in [0, 0.1) is 6.10 Å². The van der Waals surface area contributed by atoms with Crippen LogP contribution in [-0.4, -0.2) is 51.4 Å². The predicted molar refractivity (Wildman–Crippen MR) is 38.9 cm³/mol. The highest BCUT2D eigenvalue weighted by Crippen LogP contribution is 2.24. The van der Waals surface area contributed by atoms with Gasteiger partial charge in [0.05, 0.1) is 6.61 Å². The number of aliphatic hydroxyl groups is 4. The molecule has 0 aromatic carbocycles. The molecule has 0 saturated carbocycles.